The summed E-state index contributed by atoms with van der Waals surface area (Å²) in [5, 5.41) is 0.679. The van der Waals surface area contributed by atoms with Crippen molar-refractivity contribution in [3.63, 3.8) is 0 Å². The van der Waals surface area contributed by atoms with Crippen molar-refractivity contribution < 1.29 is 19.0 Å². The highest BCUT2D eigenvalue weighted by molar-refractivity contribution is 7.16. The molecule has 0 saturated carbocycles. The first-order chi connectivity index (χ1) is 13.1. The van der Waals surface area contributed by atoms with Gasteiger partial charge in [0.25, 0.3) is 0 Å². The van der Waals surface area contributed by atoms with Crippen molar-refractivity contribution in [3.05, 3.63) is 75.3 Å². The molecule has 0 amide bonds. The van der Waals surface area contributed by atoms with Gasteiger partial charge in [0.05, 0.1) is 26.9 Å². The normalized spacial score (nSPS) is 11.3. The average Bonchev–Trinajstić information content (AvgIpc) is 2.70. The van der Waals surface area contributed by atoms with Crippen LogP contribution >= 0.6 is 11.3 Å². The molecule has 0 spiro atoms. The van der Waals surface area contributed by atoms with Crippen LogP contribution in [0.1, 0.15) is 15.9 Å². The van der Waals surface area contributed by atoms with Crippen LogP contribution in [0.3, 0.4) is 0 Å². The molecule has 1 heterocycles. The summed E-state index contributed by atoms with van der Waals surface area (Å²) in [7, 11) is 4.56. The molecule has 0 aliphatic carbocycles. The summed E-state index contributed by atoms with van der Waals surface area (Å²) in [5.41, 5.74) is 0.828. The topological polar surface area (TPSA) is 61.8 Å². The van der Waals surface area contributed by atoms with E-state index in [9.17, 15) is 9.59 Å². The maximum absolute atomic E-state index is 12.8. The Bertz CT molecular complexity index is 1070. The summed E-state index contributed by atoms with van der Waals surface area (Å²) < 4.78 is 16.3. The number of rotatable bonds is 6. The third-order valence-electron chi connectivity index (χ3n) is 4.05. The number of hydrogen-bond donors (Lipinski definition) is 0. The number of ketones is 1. The van der Waals surface area contributed by atoms with Crippen LogP contribution in [0.5, 0.6) is 11.5 Å². The molecule has 0 saturated heterocycles. The van der Waals surface area contributed by atoms with Crippen LogP contribution in [-0.2, 0) is 4.74 Å². The second kappa shape index (κ2) is 8.05. The predicted molar refractivity (Wildman–Crippen MR) is 107 cm³/mol. The minimum absolute atomic E-state index is 0.0708. The van der Waals surface area contributed by atoms with Crippen LogP contribution in [-0.4, -0.2) is 27.1 Å². The molecule has 0 radical (unpaired) electrons. The highest BCUT2D eigenvalue weighted by Crippen LogP contribution is 2.33. The van der Waals surface area contributed by atoms with E-state index in [4.69, 9.17) is 14.2 Å². The van der Waals surface area contributed by atoms with E-state index in [2.05, 4.69) is 0 Å². The molecular formula is C21H18O5S. The van der Waals surface area contributed by atoms with Crippen molar-refractivity contribution in [3.8, 4) is 11.5 Å². The maximum atomic E-state index is 12.8. The van der Waals surface area contributed by atoms with Crippen molar-refractivity contribution >= 4 is 33.0 Å². The number of benzene rings is 2. The van der Waals surface area contributed by atoms with E-state index >= 15 is 0 Å². The second-order valence-corrected chi connectivity index (χ2v) is 6.65. The van der Waals surface area contributed by atoms with Gasteiger partial charge in [0, 0.05) is 27.8 Å². The van der Waals surface area contributed by atoms with Gasteiger partial charge in [-0.05, 0) is 12.1 Å². The SMILES string of the molecule is COC(=CC(=O)c1cc2c(OC)cc(OC)cc2sc1=O)c1ccccc1. The van der Waals surface area contributed by atoms with Crippen LogP contribution in [0.15, 0.2) is 59.4 Å². The minimum atomic E-state index is -0.420. The van der Waals surface area contributed by atoms with E-state index < -0.39 is 5.78 Å². The van der Waals surface area contributed by atoms with E-state index in [-0.39, 0.29) is 10.3 Å². The summed E-state index contributed by atoms with van der Waals surface area (Å²) in [6.45, 7) is 0. The molecular weight excluding hydrogens is 364 g/mol. The van der Waals surface area contributed by atoms with Gasteiger partial charge in [0.15, 0.2) is 5.78 Å². The number of hydrogen-bond acceptors (Lipinski definition) is 6. The summed E-state index contributed by atoms with van der Waals surface area (Å²) in [6.07, 6.45) is 1.33. The molecule has 0 N–H and O–H groups in total. The second-order valence-electron chi connectivity index (χ2n) is 5.63. The molecule has 27 heavy (non-hydrogen) atoms. The van der Waals surface area contributed by atoms with Crippen molar-refractivity contribution in [2.45, 2.75) is 0 Å². The van der Waals surface area contributed by atoms with Gasteiger partial charge >= 0.3 is 0 Å². The Morgan fingerprint density at radius 3 is 2.37 bits per heavy atom. The Hall–Kier alpha value is -3.12. The van der Waals surface area contributed by atoms with Gasteiger partial charge in [-0.1, -0.05) is 41.7 Å². The van der Waals surface area contributed by atoms with E-state index in [1.165, 1.54) is 20.3 Å². The molecule has 6 heteroatoms. The van der Waals surface area contributed by atoms with E-state index in [1.54, 1.807) is 25.3 Å². The lowest BCUT2D eigenvalue weighted by Crippen LogP contribution is -2.10. The van der Waals surface area contributed by atoms with Crippen LogP contribution in [0, 0.1) is 0 Å². The Morgan fingerprint density at radius 2 is 1.74 bits per heavy atom. The molecule has 3 aromatic rings. The van der Waals surface area contributed by atoms with E-state index in [0.29, 0.717) is 27.3 Å². The fraction of sp³-hybridized carbons (Fsp3) is 0.143. The summed E-state index contributed by atoms with van der Waals surface area (Å²) in [4.78, 5) is 25.3. The Balaban J connectivity index is 2.10. The van der Waals surface area contributed by atoms with Gasteiger partial charge < -0.3 is 14.2 Å². The molecule has 0 aliphatic rings. The first-order valence-electron chi connectivity index (χ1n) is 8.12. The maximum Gasteiger partial charge on any atom is 0.244 e. The zero-order chi connectivity index (χ0) is 19.4. The smallest absolute Gasteiger partial charge is 0.244 e. The van der Waals surface area contributed by atoms with Gasteiger partial charge in [0.1, 0.15) is 17.3 Å². The lowest BCUT2D eigenvalue weighted by atomic mass is 10.1. The predicted octanol–water partition coefficient (Wildman–Crippen LogP) is 4.15. The van der Waals surface area contributed by atoms with Crippen LogP contribution < -0.4 is 14.2 Å². The number of ether oxygens (including phenoxy) is 3. The van der Waals surface area contributed by atoms with Gasteiger partial charge in [0.2, 0.25) is 4.74 Å². The average molecular weight is 382 g/mol. The van der Waals surface area contributed by atoms with Crippen LogP contribution in [0.2, 0.25) is 0 Å². The Kier molecular flexibility index (Phi) is 5.57. The molecule has 0 unspecified atom stereocenters. The summed E-state index contributed by atoms with van der Waals surface area (Å²) in [5.74, 6) is 1.09. The molecule has 1 aromatic heterocycles. The third kappa shape index (κ3) is 3.85. The third-order valence-corrected chi connectivity index (χ3v) is 5.01. The lowest BCUT2D eigenvalue weighted by molar-refractivity contribution is 0.104. The van der Waals surface area contributed by atoms with Crippen LogP contribution in [0.4, 0.5) is 0 Å². The first kappa shape index (κ1) is 18.7. The van der Waals surface area contributed by atoms with E-state index in [1.807, 2.05) is 30.3 Å². The van der Waals surface area contributed by atoms with Gasteiger partial charge in [-0.15, -0.1) is 0 Å². The Morgan fingerprint density at radius 1 is 1.00 bits per heavy atom. The molecule has 5 nitrogen and oxygen atoms in total. The van der Waals surface area contributed by atoms with Crippen molar-refractivity contribution in [1.29, 1.82) is 0 Å². The fourth-order valence-electron chi connectivity index (χ4n) is 2.68. The Labute approximate surface area is 160 Å². The van der Waals surface area contributed by atoms with Gasteiger partial charge in [-0.2, -0.15) is 0 Å². The highest BCUT2D eigenvalue weighted by Gasteiger charge is 2.15. The van der Waals surface area contributed by atoms with Crippen molar-refractivity contribution in [1.82, 2.24) is 0 Å². The van der Waals surface area contributed by atoms with Crippen molar-refractivity contribution in [2.75, 3.05) is 21.3 Å². The number of methoxy groups -OCH3 is 3. The molecule has 0 fully saturated rings. The molecule has 3 rings (SSSR count). The summed E-state index contributed by atoms with van der Waals surface area (Å²) >= 11 is 0.980. The first-order valence-corrected chi connectivity index (χ1v) is 8.94. The molecule has 0 aliphatic heterocycles. The lowest BCUT2D eigenvalue weighted by Gasteiger charge is -2.09. The zero-order valence-corrected chi connectivity index (χ0v) is 16.0. The molecule has 0 bridgehead atoms. The van der Waals surface area contributed by atoms with Crippen LogP contribution in [0.25, 0.3) is 15.8 Å². The monoisotopic (exact) mass is 382 g/mol. The summed E-state index contributed by atoms with van der Waals surface area (Å²) in [6, 6.07) is 14.3. The van der Waals surface area contributed by atoms with E-state index in [0.717, 1.165) is 16.9 Å². The van der Waals surface area contributed by atoms with Gasteiger partial charge in [-0.25, -0.2) is 0 Å². The number of carbonyl (C=O) groups is 1. The molecule has 138 valence electrons. The standard InChI is InChI=1S/C21H18O5S/c1-24-14-9-19(26-3)16-11-15(21(23)27-20(16)10-14)17(22)12-18(25-2)13-7-5-4-6-8-13/h4-12H,1-3H3. The largest absolute Gasteiger partial charge is 0.497 e. The molecule has 0 atom stereocenters. The van der Waals surface area contributed by atoms with Crippen molar-refractivity contribution in [2.24, 2.45) is 0 Å². The minimum Gasteiger partial charge on any atom is -0.497 e. The number of carbonyl (C=O) groups excluding carboxylic acids is 1. The fourth-order valence-corrected chi connectivity index (χ4v) is 3.59. The number of fused-ring (bicyclic) bond motifs is 1. The molecule has 2 aromatic carbocycles. The highest BCUT2D eigenvalue weighted by atomic mass is 32.1. The zero-order valence-electron chi connectivity index (χ0n) is 15.1. The van der Waals surface area contributed by atoms with Gasteiger partial charge in [-0.3, -0.25) is 9.59 Å². The number of allylic oxidation sites excluding steroid dienone is 1. The quantitative estimate of drug-likeness (QED) is 0.364.